The van der Waals surface area contributed by atoms with E-state index in [9.17, 15) is 18.8 Å². The summed E-state index contributed by atoms with van der Waals surface area (Å²) in [5.74, 6) is -1.04. The van der Waals surface area contributed by atoms with Gasteiger partial charge in [-0.2, -0.15) is 0 Å². The average Bonchev–Trinajstić information content (AvgIpc) is 3.22. The molecule has 1 aliphatic heterocycles. The Labute approximate surface area is 227 Å². The number of rotatable bonds is 9. The first-order chi connectivity index (χ1) is 18.8. The summed E-state index contributed by atoms with van der Waals surface area (Å²) in [5, 5.41) is 0. The molecule has 0 N–H and O–H groups in total. The SMILES string of the molecule is CCOC(=O)C1=C(C)N=c2s/c(=C\c3ccccc3F)c(=O)n2[C@@H]1c1ccc(OCC(=O)OC)c(OCC)c1. The molecule has 3 aromatic rings. The maximum Gasteiger partial charge on any atom is 0.343 e. The van der Waals surface area contributed by atoms with E-state index in [-0.39, 0.29) is 34.6 Å². The number of allylic oxidation sites excluding steroid dienone is 1. The molecule has 0 amide bonds. The normalized spacial score (nSPS) is 14.9. The minimum Gasteiger partial charge on any atom is -0.490 e. The van der Waals surface area contributed by atoms with Crippen LogP contribution in [0.4, 0.5) is 4.39 Å². The zero-order valence-corrected chi connectivity index (χ0v) is 22.7. The van der Waals surface area contributed by atoms with Gasteiger partial charge in [0.2, 0.25) is 0 Å². The van der Waals surface area contributed by atoms with E-state index in [1.165, 1.54) is 23.8 Å². The molecule has 0 radical (unpaired) electrons. The van der Waals surface area contributed by atoms with Gasteiger partial charge in [0, 0.05) is 5.56 Å². The molecule has 2 aromatic carbocycles. The first-order valence-corrected chi connectivity index (χ1v) is 13.0. The highest BCUT2D eigenvalue weighted by Gasteiger charge is 2.34. The molecule has 2 heterocycles. The minimum absolute atomic E-state index is 0.130. The Morgan fingerprint density at radius 3 is 2.56 bits per heavy atom. The highest BCUT2D eigenvalue weighted by molar-refractivity contribution is 7.07. The molecule has 1 aromatic heterocycles. The van der Waals surface area contributed by atoms with Crippen molar-refractivity contribution in [2.45, 2.75) is 26.8 Å². The van der Waals surface area contributed by atoms with Crippen LogP contribution in [0.3, 0.4) is 0 Å². The van der Waals surface area contributed by atoms with Crippen molar-refractivity contribution >= 4 is 29.4 Å². The van der Waals surface area contributed by atoms with E-state index in [4.69, 9.17) is 14.2 Å². The number of esters is 2. The lowest BCUT2D eigenvalue weighted by Crippen LogP contribution is -2.40. The van der Waals surface area contributed by atoms with Gasteiger partial charge in [-0.15, -0.1) is 0 Å². The third kappa shape index (κ3) is 5.78. The predicted molar refractivity (Wildman–Crippen MR) is 142 cm³/mol. The number of hydrogen-bond donors (Lipinski definition) is 0. The van der Waals surface area contributed by atoms with Crippen LogP contribution < -0.4 is 24.4 Å². The number of hydrogen-bond acceptors (Lipinski definition) is 9. The van der Waals surface area contributed by atoms with Crippen molar-refractivity contribution in [3.63, 3.8) is 0 Å². The molecule has 11 heteroatoms. The fourth-order valence-electron chi connectivity index (χ4n) is 4.12. The fraction of sp³-hybridized carbons (Fsp3) is 0.286. The Bertz CT molecular complexity index is 1620. The van der Waals surface area contributed by atoms with Gasteiger partial charge in [0.25, 0.3) is 5.56 Å². The number of ether oxygens (including phenoxy) is 4. The van der Waals surface area contributed by atoms with Crippen LogP contribution in [0.5, 0.6) is 11.5 Å². The maximum atomic E-state index is 14.4. The number of halogens is 1. The quantitative estimate of drug-likeness (QED) is 0.375. The van der Waals surface area contributed by atoms with Crippen LogP contribution in [-0.2, 0) is 19.1 Å². The zero-order chi connectivity index (χ0) is 28.1. The van der Waals surface area contributed by atoms with Crippen LogP contribution in [0.25, 0.3) is 6.08 Å². The smallest absolute Gasteiger partial charge is 0.343 e. The summed E-state index contributed by atoms with van der Waals surface area (Å²) in [4.78, 5) is 43.3. The van der Waals surface area contributed by atoms with Gasteiger partial charge >= 0.3 is 11.9 Å². The summed E-state index contributed by atoms with van der Waals surface area (Å²) in [6.45, 7) is 5.25. The second kappa shape index (κ2) is 12.1. The highest BCUT2D eigenvalue weighted by atomic mass is 32.1. The number of carbonyl (C=O) groups excluding carboxylic acids is 2. The number of fused-ring (bicyclic) bond motifs is 1. The zero-order valence-electron chi connectivity index (χ0n) is 21.9. The molecule has 4 rings (SSSR count). The van der Waals surface area contributed by atoms with Crippen molar-refractivity contribution in [2.24, 2.45) is 4.99 Å². The molecule has 1 aliphatic rings. The molecule has 39 heavy (non-hydrogen) atoms. The Morgan fingerprint density at radius 1 is 1.10 bits per heavy atom. The highest BCUT2D eigenvalue weighted by Crippen LogP contribution is 2.36. The van der Waals surface area contributed by atoms with Gasteiger partial charge < -0.3 is 18.9 Å². The monoisotopic (exact) mass is 554 g/mol. The number of nitrogens with zero attached hydrogens (tertiary/aromatic N) is 2. The fourth-order valence-corrected chi connectivity index (χ4v) is 5.16. The lowest BCUT2D eigenvalue weighted by atomic mass is 9.95. The van der Waals surface area contributed by atoms with Gasteiger partial charge in [0.05, 0.1) is 42.2 Å². The summed E-state index contributed by atoms with van der Waals surface area (Å²) in [6.07, 6.45) is 1.47. The topological polar surface area (TPSA) is 105 Å². The summed E-state index contributed by atoms with van der Waals surface area (Å²) >= 11 is 1.09. The van der Waals surface area contributed by atoms with E-state index in [1.54, 1.807) is 57.2 Å². The van der Waals surface area contributed by atoms with Crippen LogP contribution >= 0.6 is 11.3 Å². The first kappa shape index (κ1) is 27.8. The van der Waals surface area contributed by atoms with E-state index < -0.39 is 29.4 Å². The van der Waals surface area contributed by atoms with Gasteiger partial charge in [-0.1, -0.05) is 35.6 Å². The molecule has 0 bridgehead atoms. The number of benzene rings is 2. The summed E-state index contributed by atoms with van der Waals surface area (Å²) in [6, 6.07) is 10.1. The Kier molecular flexibility index (Phi) is 8.60. The lowest BCUT2D eigenvalue weighted by molar-refractivity contribution is -0.143. The standard InChI is InChI=1S/C28H27FN2O7S/c1-5-36-21-13-18(11-12-20(21)38-15-23(32)35-4)25-24(27(34)37-6-2)16(3)30-28-31(25)26(33)22(39-28)14-17-9-7-8-10-19(17)29/h7-14,25H,5-6,15H2,1-4H3/b22-14-/t25-/m1/s1. The summed E-state index contributed by atoms with van der Waals surface area (Å²) in [5.41, 5.74) is 0.921. The third-order valence-corrected chi connectivity index (χ3v) is 6.85. The largest absolute Gasteiger partial charge is 0.490 e. The van der Waals surface area contributed by atoms with E-state index in [1.807, 2.05) is 0 Å². The molecule has 9 nitrogen and oxygen atoms in total. The molecule has 0 spiro atoms. The van der Waals surface area contributed by atoms with Crippen molar-refractivity contribution in [3.8, 4) is 11.5 Å². The van der Waals surface area contributed by atoms with Gasteiger partial charge in [-0.25, -0.2) is 19.0 Å². The second-order valence-corrected chi connectivity index (χ2v) is 9.34. The van der Waals surface area contributed by atoms with Crippen molar-refractivity contribution in [1.82, 2.24) is 4.57 Å². The van der Waals surface area contributed by atoms with E-state index in [0.29, 0.717) is 28.4 Å². The molecule has 0 fully saturated rings. The predicted octanol–water partition coefficient (Wildman–Crippen LogP) is 2.89. The molecule has 0 unspecified atom stereocenters. The van der Waals surface area contributed by atoms with Crippen LogP contribution in [-0.4, -0.2) is 43.4 Å². The average molecular weight is 555 g/mol. The number of methoxy groups -OCH3 is 1. The van der Waals surface area contributed by atoms with Crippen LogP contribution in [0.15, 0.2) is 63.5 Å². The molecule has 0 saturated carbocycles. The van der Waals surface area contributed by atoms with E-state index in [0.717, 1.165) is 11.3 Å². The van der Waals surface area contributed by atoms with Gasteiger partial charge in [-0.05, 0) is 50.6 Å². The molecule has 0 saturated heterocycles. The summed E-state index contributed by atoms with van der Waals surface area (Å²) < 4.78 is 37.3. The third-order valence-electron chi connectivity index (χ3n) is 5.87. The van der Waals surface area contributed by atoms with E-state index >= 15 is 0 Å². The Hall–Kier alpha value is -4.25. The number of thiazole rings is 1. The molecule has 0 aliphatic carbocycles. The molecule has 204 valence electrons. The molecule has 1 atom stereocenters. The van der Waals surface area contributed by atoms with Crippen molar-refractivity contribution in [2.75, 3.05) is 26.9 Å². The van der Waals surface area contributed by atoms with Gasteiger partial charge in [0.1, 0.15) is 5.82 Å². The lowest BCUT2D eigenvalue weighted by Gasteiger charge is -2.25. The van der Waals surface area contributed by atoms with Gasteiger partial charge in [-0.3, -0.25) is 9.36 Å². The second-order valence-electron chi connectivity index (χ2n) is 8.33. The minimum atomic E-state index is -0.906. The molecular formula is C28H27FN2O7S. The van der Waals surface area contributed by atoms with Crippen LogP contribution in [0.2, 0.25) is 0 Å². The molecular weight excluding hydrogens is 527 g/mol. The van der Waals surface area contributed by atoms with E-state index in [2.05, 4.69) is 9.73 Å². The van der Waals surface area contributed by atoms with Crippen molar-refractivity contribution in [1.29, 1.82) is 0 Å². The Balaban J connectivity index is 1.91. The maximum absolute atomic E-state index is 14.4. The van der Waals surface area contributed by atoms with Crippen LogP contribution in [0.1, 0.15) is 37.9 Å². The van der Waals surface area contributed by atoms with Gasteiger partial charge in [0.15, 0.2) is 22.9 Å². The van der Waals surface area contributed by atoms with Crippen molar-refractivity contribution < 1.29 is 32.9 Å². The number of carbonyl (C=O) groups is 2. The number of aromatic nitrogens is 1. The summed E-state index contributed by atoms with van der Waals surface area (Å²) in [7, 11) is 1.26. The Morgan fingerprint density at radius 2 is 1.87 bits per heavy atom. The first-order valence-electron chi connectivity index (χ1n) is 12.2. The van der Waals surface area contributed by atoms with Crippen LogP contribution in [0, 0.1) is 5.82 Å². The van der Waals surface area contributed by atoms with Crippen molar-refractivity contribution in [3.05, 3.63) is 90.4 Å².